The van der Waals surface area contributed by atoms with Gasteiger partial charge in [0, 0.05) is 22.2 Å². The SMILES string of the molecule is CN(CC(=O)Nc1ccccc1Cl)Cc1c(Cl)cccc1Cl. The standard InChI is InChI=1S/C16H15Cl3N2O/c1-21(9-11-12(17)6-4-7-13(11)18)10-16(22)20-15-8-3-2-5-14(15)19/h2-8H,9-10H2,1H3,(H,20,22). The van der Waals surface area contributed by atoms with Crippen LogP contribution >= 0.6 is 34.8 Å². The monoisotopic (exact) mass is 356 g/mol. The zero-order chi connectivity index (χ0) is 16.1. The Labute approximate surface area is 144 Å². The molecule has 22 heavy (non-hydrogen) atoms. The molecule has 6 heteroatoms. The fourth-order valence-corrected chi connectivity index (χ4v) is 2.71. The molecule has 0 spiro atoms. The van der Waals surface area contributed by atoms with Crippen LogP contribution in [0.1, 0.15) is 5.56 Å². The van der Waals surface area contributed by atoms with Gasteiger partial charge in [0.2, 0.25) is 5.91 Å². The van der Waals surface area contributed by atoms with Crippen molar-refractivity contribution in [3.05, 3.63) is 63.1 Å². The van der Waals surface area contributed by atoms with Gasteiger partial charge < -0.3 is 5.32 Å². The van der Waals surface area contributed by atoms with Gasteiger partial charge in [-0.1, -0.05) is 53.0 Å². The van der Waals surface area contributed by atoms with Crippen LogP contribution in [0.5, 0.6) is 0 Å². The molecule has 2 rings (SSSR count). The topological polar surface area (TPSA) is 32.3 Å². The molecular formula is C16H15Cl3N2O. The first kappa shape index (κ1) is 17.1. The van der Waals surface area contributed by atoms with E-state index in [-0.39, 0.29) is 12.5 Å². The molecule has 2 aromatic carbocycles. The minimum atomic E-state index is -0.154. The van der Waals surface area contributed by atoms with Crippen molar-refractivity contribution < 1.29 is 4.79 Å². The number of likely N-dealkylation sites (N-methyl/N-ethyl adjacent to an activating group) is 1. The van der Waals surface area contributed by atoms with Crippen molar-refractivity contribution in [2.45, 2.75) is 6.54 Å². The summed E-state index contributed by atoms with van der Waals surface area (Å²) in [5.41, 5.74) is 1.40. The minimum absolute atomic E-state index is 0.154. The quantitative estimate of drug-likeness (QED) is 0.840. The van der Waals surface area contributed by atoms with Gasteiger partial charge in [-0.15, -0.1) is 0 Å². The van der Waals surface area contributed by atoms with E-state index in [1.54, 1.807) is 30.3 Å². The summed E-state index contributed by atoms with van der Waals surface area (Å²) >= 11 is 18.3. The van der Waals surface area contributed by atoms with Crippen LogP contribution in [0.4, 0.5) is 5.69 Å². The molecule has 116 valence electrons. The third kappa shape index (κ3) is 4.62. The number of anilines is 1. The molecular weight excluding hydrogens is 343 g/mol. The number of nitrogens with one attached hydrogen (secondary N) is 1. The van der Waals surface area contributed by atoms with Crippen molar-refractivity contribution in [2.75, 3.05) is 18.9 Å². The van der Waals surface area contributed by atoms with E-state index in [0.29, 0.717) is 27.3 Å². The Morgan fingerprint density at radius 1 is 1.00 bits per heavy atom. The normalized spacial score (nSPS) is 10.8. The molecule has 1 amide bonds. The van der Waals surface area contributed by atoms with Crippen LogP contribution < -0.4 is 5.32 Å². The zero-order valence-corrected chi connectivity index (χ0v) is 14.2. The molecule has 0 aliphatic rings. The largest absolute Gasteiger partial charge is 0.324 e. The number of carbonyl (C=O) groups excluding carboxylic acids is 1. The lowest BCUT2D eigenvalue weighted by Gasteiger charge is -2.18. The Morgan fingerprint density at radius 2 is 1.59 bits per heavy atom. The maximum atomic E-state index is 12.1. The van der Waals surface area contributed by atoms with E-state index in [9.17, 15) is 4.79 Å². The van der Waals surface area contributed by atoms with Crippen molar-refractivity contribution in [2.24, 2.45) is 0 Å². The third-order valence-electron chi connectivity index (χ3n) is 3.05. The van der Waals surface area contributed by atoms with Crippen LogP contribution in [0.2, 0.25) is 15.1 Å². The smallest absolute Gasteiger partial charge is 0.238 e. The molecule has 0 fully saturated rings. The molecule has 0 saturated carbocycles. The highest BCUT2D eigenvalue weighted by atomic mass is 35.5. The molecule has 0 atom stereocenters. The summed E-state index contributed by atoms with van der Waals surface area (Å²) in [7, 11) is 1.83. The number of halogens is 3. The summed E-state index contributed by atoms with van der Waals surface area (Å²) in [6, 6.07) is 12.5. The molecule has 0 aliphatic carbocycles. The number of carbonyl (C=O) groups is 1. The van der Waals surface area contributed by atoms with Gasteiger partial charge in [0.25, 0.3) is 0 Å². The Hall–Kier alpha value is -1.26. The highest BCUT2D eigenvalue weighted by Gasteiger charge is 2.12. The lowest BCUT2D eigenvalue weighted by molar-refractivity contribution is -0.117. The number of para-hydroxylation sites is 1. The molecule has 1 N–H and O–H groups in total. The van der Waals surface area contributed by atoms with Crippen LogP contribution in [0.15, 0.2) is 42.5 Å². The molecule has 0 unspecified atom stereocenters. The number of rotatable bonds is 5. The first-order valence-corrected chi connectivity index (χ1v) is 7.76. The first-order chi connectivity index (χ1) is 10.5. The van der Waals surface area contributed by atoms with E-state index < -0.39 is 0 Å². The van der Waals surface area contributed by atoms with Gasteiger partial charge in [-0.25, -0.2) is 0 Å². The first-order valence-electron chi connectivity index (χ1n) is 6.63. The average molecular weight is 358 g/mol. The summed E-state index contributed by atoms with van der Waals surface area (Å²) in [5.74, 6) is -0.154. The van der Waals surface area contributed by atoms with Crippen molar-refractivity contribution in [1.29, 1.82) is 0 Å². The Balaban J connectivity index is 1.96. The maximum Gasteiger partial charge on any atom is 0.238 e. The molecule has 0 aliphatic heterocycles. The van der Waals surface area contributed by atoms with E-state index in [2.05, 4.69) is 5.32 Å². The number of nitrogens with zero attached hydrogens (tertiary/aromatic N) is 1. The second-order valence-electron chi connectivity index (χ2n) is 4.90. The number of benzene rings is 2. The molecule has 0 saturated heterocycles. The van der Waals surface area contributed by atoms with Crippen LogP contribution in [0.25, 0.3) is 0 Å². The van der Waals surface area contributed by atoms with Crippen LogP contribution in [0.3, 0.4) is 0 Å². The molecule has 2 aromatic rings. The highest BCUT2D eigenvalue weighted by molar-refractivity contribution is 6.36. The molecule has 0 radical (unpaired) electrons. The van der Waals surface area contributed by atoms with E-state index in [1.165, 1.54) is 0 Å². The molecule has 3 nitrogen and oxygen atoms in total. The van der Waals surface area contributed by atoms with Gasteiger partial charge in [0.05, 0.1) is 17.3 Å². The Bertz CT molecular complexity index is 656. The second kappa shape index (κ2) is 7.84. The van der Waals surface area contributed by atoms with Crippen LogP contribution in [-0.2, 0) is 11.3 Å². The zero-order valence-electron chi connectivity index (χ0n) is 11.9. The number of hydrogen-bond donors (Lipinski definition) is 1. The van der Waals surface area contributed by atoms with Crippen molar-refractivity contribution in [3.8, 4) is 0 Å². The number of hydrogen-bond acceptors (Lipinski definition) is 2. The highest BCUT2D eigenvalue weighted by Crippen LogP contribution is 2.25. The van der Waals surface area contributed by atoms with Crippen molar-refractivity contribution >= 4 is 46.4 Å². The van der Waals surface area contributed by atoms with Gasteiger partial charge in [0.15, 0.2) is 0 Å². The fourth-order valence-electron chi connectivity index (χ4n) is 2.01. The van der Waals surface area contributed by atoms with Gasteiger partial charge >= 0.3 is 0 Å². The summed E-state index contributed by atoms with van der Waals surface area (Å²) in [6.07, 6.45) is 0. The van der Waals surface area contributed by atoms with Gasteiger partial charge in [-0.05, 0) is 31.3 Å². The second-order valence-corrected chi connectivity index (χ2v) is 6.12. The van der Waals surface area contributed by atoms with Crippen molar-refractivity contribution in [3.63, 3.8) is 0 Å². The Morgan fingerprint density at radius 3 is 2.23 bits per heavy atom. The molecule has 0 bridgehead atoms. The van der Waals surface area contributed by atoms with Crippen LogP contribution in [-0.4, -0.2) is 24.4 Å². The fraction of sp³-hybridized carbons (Fsp3) is 0.188. The lowest BCUT2D eigenvalue weighted by atomic mass is 10.2. The van der Waals surface area contributed by atoms with E-state index in [1.807, 2.05) is 24.1 Å². The summed E-state index contributed by atoms with van der Waals surface area (Å²) in [4.78, 5) is 13.9. The van der Waals surface area contributed by atoms with E-state index in [4.69, 9.17) is 34.8 Å². The minimum Gasteiger partial charge on any atom is -0.324 e. The third-order valence-corrected chi connectivity index (χ3v) is 4.09. The lowest BCUT2D eigenvalue weighted by Crippen LogP contribution is -2.30. The predicted molar refractivity (Wildman–Crippen MR) is 92.9 cm³/mol. The predicted octanol–water partition coefficient (Wildman–Crippen LogP) is 4.72. The summed E-state index contributed by atoms with van der Waals surface area (Å²) in [6.45, 7) is 0.682. The van der Waals surface area contributed by atoms with E-state index >= 15 is 0 Å². The summed E-state index contributed by atoms with van der Waals surface area (Å²) in [5, 5.41) is 4.46. The molecule has 0 heterocycles. The van der Waals surface area contributed by atoms with E-state index in [0.717, 1.165) is 5.56 Å². The van der Waals surface area contributed by atoms with Crippen LogP contribution in [0, 0.1) is 0 Å². The maximum absolute atomic E-state index is 12.1. The van der Waals surface area contributed by atoms with Gasteiger partial charge in [-0.3, -0.25) is 9.69 Å². The van der Waals surface area contributed by atoms with Crippen molar-refractivity contribution in [1.82, 2.24) is 4.90 Å². The average Bonchev–Trinajstić information content (AvgIpc) is 2.45. The number of amides is 1. The van der Waals surface area contributed by atoms with Gasteiger partial charge in [-0.2, -0.15) is 0 Å². The van der Waals surface area contributed by atoms with Gasteiger partial charge in [0.1, 0.15) is 0 Å². The Kier molecular flexibility index (Phi) is 6.09. The summed E-state index contributed by atoms with van der Waals surface area (Å²) < 4.78 is 0. The molecule has 0 aromatic heterocycles.